The molecule has 0 unspecified atom stereocenters. The van der Waals surface area contributed by atoms with Gasteiger partial charge < -0.3 is 10.2 Å². The third-order valence-electron chi connectivity index (χ3n) is 4.58. The zero-order chi connectivity index (χ0) is 20.0. The SMILES string of the molecule is N#CCCN1CCC(C(=O)Nc2ccc(S(=O)(=O)Nc3nccs3)cc2)CC1. The van der Waals surface area contributed by atoms with Crippen molar-refractivity contribution in [3.63, 3.8) is 0 Å². The molecule has 2 aromatic rings. The van der Waals surface area contributed by atoms with Crippen LogP contribution in [0.2, 0.25) is 0 Å². The fourth-order valence-corrected chi connectivity index (χ4v) is 4.83. The molecule has 1 aliphatic rings. The summed E-state index contributed by atoms with van der Waals surface area (Å²) in [6, 6.07) is 8.21. The molecule has 10 heteroatoms. The second kappa shape index (κ2) is 9.14. The molecular formula is C18H21N5O3S2. The molecule has 148 valence electrons. The lowest BCUT2D eigenvalue weighted by Gasteiger charge is -2.30. The van der Waals surface area contributed by atoms with Crippen LogP contribution in [-0.2, 0) is 14.8 Å². The van der Waals surface area contributed by atoms with E-state index >= 15 is 0 Å². The van der Waals surface area contributed by atoms with E-state index in [1.165, 1.54) is 29.7 Å². The van der Waals surface area contributed by atoms with Crippen molar-refractivity contribution in [3.05, 3.63) is 35.8 Å². The lowest BCUT2D eigenvalue weighted by molar-refractivity contribution is -0.121. The van der Waals surface area contributed by atoms with Gasteiger partial charge in [0.05, 0.1) is 11.0 Å². The van der Waals surface area contributed by atoms with Gasteiger partial charge in [0.1, 0.15) is 0 Å². The molecule has 2 N–H and O–H groups in total. The van der Waals surface area contributed by atoms with Crippen LogP contribution in [0.1, 0.15) is 19.3 Å². The zero-order valence-electron chi connectivity index (χ0n) is 15.2. The van der Waals surface area contributed by atoms with E-state index in [-0.39, 0.29) is 16.7 Å². The van der Waals surface area contributed by atoms with Gasteiger partial charge >= 0.3 is 0 Å². The summed E-state index contributed by atoms with van der Waals surface area (Å²) >= 11 is 1.20. The van der Waals surface area contributed by atoms with Gasteiger partial charge in [-0.15, -0.1) is 11.3 Å². The molecule has 1 amide bonds. The number of hydrogen-bond donors (Lipinski definition) is 2. The number of carbonyl (C=O) groups is 1. The number of piperidine rings is 1. The summed E-state index contributed by atoms with van der Waals surface area (Å²) in [6.07, 6.45) is 3.53. The number of hydrogen-bond acceptors (Lipinski definition) is 7. The molecule has 2 heterocycles. The summed E-state index contributed by atoms with van der Waals surface area (Å²) in [7, 11) is -3.71. The first kappa shape index (κ1) is 20.3. The molecule has 1 aromatic heterocycles. The Morgan fingerprint density at radius 3 is 2.61 bits per heavy atom. The Morgan fingerprint density at radius 1 is 1.29 bits per heavy atom. The van der Waals surface area contributed by atoms with Crippen LogP contribution < -0.4 is 10.0 Å². The van der Waals surface area contributed by atoms with Crippen LogP contribution in [0.3, 0.4) is 0 Å². The van der Waals surface area contributed by atoms with Crippen molar-refractivity contribution in [3.8, 4) is 6.07 Å². The largest absolute Gasteiger partial charge is 0.326 e. The molecule has 0 bridgehead atoms. The average Bonchev–Trinajstić information content (AvgIpc) is 3.19. The summed E-state index contributed by atoms with van der Waals surface area (Å²) in [5, 5.41) is 13.5. The first-order valence-electron chi connectivity index (χ1n) is 8.90. The number of rotatable bonds is 7. The molecule has 1 aliphatic heterocycles. The highest BCUT2D eigenvalue weighted by Gasteiger charge is 2.25. The second-order valence-electron chi connectivity index (χ2n) is 6.48. The van der Waals surface area contributed by atoms with E-state index in [1.807, 2.05) is 0 Å². The number of benzene rings is 1. The van der Waals surface area contributed by atoms with E-state index in [0.717, 1.165) is 32.5 Å². The van der Waals surface area contributed by atoms with Crippen molar-refractivity contribution in [2.24, 2.45) is 5.92 Å². The van der Waals surface area contributed by atoms with Gasteiger partial charge in [0.2, 0.25) is 5.91 Å². The van der Waals surface area contributed by atoms with Crippen LogP contribution >= 0.6 is 11.3 Å². The van der Waals surface area contributed by atoms with E-state index in [9.17, 15) is 13.2 Å². The molecule has 0 radical (unpaired) electrons. The summed E-state index contributed by atoms with van der Waals surface area (Å²) in [5.74, 6) is -0.134. The summed E-state index contributed by atoms with van der Waals surface area (Å²) in [4.78, 5) is 18.7. The zero-order valence-corrected chi connectivity index (χ0v) is 16.8. The predicted molar refractivity (Wildman–Crippen MR) is 107 cm³/mol. The molecule has 1 aromatic carbocycles. The van der Waals surface area contributed by atoms with Crippen molar-refractivity contribution in [1.29, 1.82) is 5.26 Å². The molecule has 1 fully saturated rings. The Labute approximate surface area is 168 Å². The third kappa shape index (κ3) is 5.28. The number of aromatic nitrogens is 1. The monoisotopic (exact) mass is 419 g/mol. The van der Waals surface area contributed by atoms with Crippen LogP contribution in [0, 0.1) is 17.2 Å². The Kier molecular flexibility index (Phi) is 6.61. The van der Waals surface area contributed by atoms with Gasteiger partial charge in [-0.1, -0.05) is 0 Å². The summed E-state index contributed by atoms with van der Waals surface area (Å²) in [6.45, 7) is 2.36. The number of anilines is 2. The lowest BCUT2D eigenvalue weighted by atomic mass is 9.95. The van der Waals surface area contributed by atoms with E-state index in [1.54, 1.807) is 17.5 Å². The van der Waals surface area contributed by atoms with Crippen molar-refractivity contribution in [2.75, 3.05) is 29.7 Å². The number of nitriles is 1. The Bertz CT molecular complexity index is 929. The van der Waals surface area contributed by atoms with Crippen molar-refractivity contribution < 1.29 is 13.2 Å². The highest BCUT2D eigenvalue weighted by Crippen LogP contribution is 2.22. The molecular weight excluding hydrogens is 398 g/mol. The molecule has 0 spiro atoms. The van der Waals surface area contributed by atoms with E-state index in [2.05, 4.69) is 26.0 Å². The summed E-state index contributed by atoms with van der Waals surface area (Å²) in [5.41, 5.74) is 0.560. The van der Waals surface area contributed by atoms with Gasteiger partial charge in [-0.25, -0.2) is 13.4 Å². The topological polar surface area (TPSA) is 115 Å². The van der Waals surface area contributed by atoms with Gasteiger partial charge in [0.15, 0.2) is 5.13 Å². The minimum Gasteiger partial charge on any atom is -0.326 e. The lowest BCUT2D eigenvalue weighted by Crippen LogP contribution is -2.38. The molecule has 0 saturated carbocycles. The first-order valence-corrected chi connectivity index (χ1v) is 11.3. The number of carbonyl (C=O) groups excluding carboxylic acids is 1. The number of nitrogens with zero attached hydrogens (tertiary/aromatic N) is 3. The smallest absolute Gasteiger partial charge is 0.263 e. The number of nitrogens with one attached hydrogen (secondary N) is 2. The quantitative estimate of drug-likeness (QED) is 0.712. The maximum atomic E-state index is 12.5. The highest BCUT2D eigenvalue weighted by atomic mass is 32.2. The normalized spacial score (nSPS) is 15.7. The van der Waals surface area contributed by atoms with Crippen molar-refractivity contribution >= 4 is 38.1 Å². The average molecular weight is 420 g/mol. The molecule has 28 heavy (non-hydrogen) atoms. The number of thiazole rings is 1. The third-order valence-corrected chi connectivity index (χ3v) is 6.76. The fraction of sp³-hybridized carbons (Fsp3) is 0.389. The second-order valence-corrected chi connectivity index (χ2v) is 9.06. The molecule has 1 saturated heterocycles. The maximum absolute atomic E-state index is 12.5. The highest BCUT2D eigenvalue weighted by molar-refractivity contribution is 7.93. The van der Waals surface area contributed by atoms with Gasteiger partial charge in [0, 0.05) is 36.1 Å². The molecule has 8 nitrogen and oxygen atoms in total. The van der Waals surface area contributed by atoms with E-state index < -0.39 is 10.0 Å². The van der Waals surface area contributed by atoms with Crippen LogP contribution in [0.5, 0.6) is 0 Å². The first-order chi connectivity index (χ1) is 13.5. The Morgan fingerprint density at radius 2 is 2.00 bits per heavy atom. The number of likely N-dealkylation sites (tertiary alicyclic amines) is 1. The van der Waals surface area contributed by atoms with Gasteiger partial charge in [-0.2, -0.15) is 5.26 Å². The fourth-order valence-electron chi connectivity index (χ4n) is 3.04. The van der Waals surface area contributed by atoms with Crippen LogP contribution in [-0.4, -0.2) is 43.8 Å². The minimum absolute atomic E-state index is 0.0588. The molecule has 0 atom stereocenters. The molecule has 3 rings (SSSR count). The molecule has 0 aliphatic carbocycles. The standard InChI is InChI=1S/C18H21N5O3S2/c19-8-1-10-23-11-6-14(7-12-23)17(24)21-15-2-4-16(5-3-15)28(25,26)22-18-20-9-13-27-18/h2-5,9,13-14H,1,6-7,10-12H2,(H,20,22)(H,21,24). The van der Waals surface area contributed by atoms with Gasteiger partial charge in [-0.3, -0.25) is 9.52 Å². The van der Waals surface area contributed by atoms with Crippen molar-refractivity contribution in [1.82, 2.24) is 9.88 Å². The van der Waals surface area contributed by atoms with Crippen LogP contribution in [0.25, 0.3) is 0 Å². The Hall–Kier alpha value is -2.48. The van der Waals surface area contributed by atoms with Crippen molar-refractivity contribution in [2.45, 2.75) is 24.2 Å². The minimum atomic E-state index is -3.71. The van der Waals surface area contributed by atoms with Gasteiger partial charge in [-0.05, 0) is 50.2 Å². The maximum Gasteiger partial charge on any atom is 0.263 e. The van der Waals surface area contributed by atoms with E-state index in [0.29, 0.717) is 17.2 Å². The number of amides is 1. The van der Waals surface area contributed by atoms with E-state index in [4.69, 9.17) is 5.26 Å². The van der Waals surface area contributed by atoms with Crippen LogP contribution in [0.15, 0.2) is 40.7 Å². The number of sulfonamides is 1. The Balaban J connectivity index is 1.54. The van der Waals surface area contributed by atoms with Gasteiger partial charge in [0.25, 0.3) is 10.0 Å². The summed E-state index contributed by atoms with van der Waals surface area (Å²) < 4.78 is 27.1. The predicted octanol–water partition coefficient (Wildman–Crippen LogP) is 2.51. The van der Waals surface area contributed by atoms with Crippen LogP contribution in [0.4, 0.5) is 10.8 Å².